The Balaban J connectivity index is 2.64. The van der Waals surface area contributed by atoms with Gasteiger partial charge in [-0.05, 0) is 25.5 Å². The van der Waals surface area contributed by atoms with Crippen molar-refractivity contribution in [2.24, 2.45) is 0 Å². The Kier molecular flexibility index (Phi) is 5.61. The van der Waals surface area contributed by atoms with E-state index < -0.39 is 5.97 Å². The van der Waals surface area contributed by atoms with Crippen molar-refractivity contribution in [2.45, 2.75) is 20.4 Å². The van der Waals surface area contributed by atoms with E-state index in [4.69, 9.17) is 9.84 Å². The summed E-state index contributed by atoms with van der Waals surface area (Å²) in [6.07, 6.45) is 0. The van der Waals surface area contributed by atoms with E-state index in [2.05, 4.69) is 19.9 Å². The molecule has 1 aromatic rings. The SMILES string of the molecule is COCCN(CC(=O)O)Cc1cc(C)sc1C. The number of hydrogen-bond acceptors (Lipinski definition) is 4. The van der Waals surface area contributed by atoms with Crippen LogP contribution in [0.2, 0.25) is 0 Å². The number of aryl methyl sites for hydroxylation is 2. The van der Waals surface area contributed by atoms with Gasteiger partial charge < -0.3 is 9.84 Å². The fourth-order valence-corrected chi connectivity index (χ4v) is 2.65. The molecule has 0 fully saturated rings. The molecule has 1 N–H and O–H groups in total. The molecule has 0 aromatic carbocycles. The van der Waals surface area contributed by atoms with Crippen LogP contribution >= 0.6 is 11.3 Å². The van der Waals surface area contributed by atoms with Gasteiger partial charge in [0.15, 0.2) is 0 Å². The van der Waals surface area contributed by atoms with Gasteiger partial charge in [0.1, 0.15) is 0 Å². The molecule has 0 saturated heterocycles. The Labute approximate surface area is 106 Å². The van der Waals surface area contributed by atoms with Crippen LogP contribution in [0.1, 0.15) is 15.3 Å². The zero-order valence-electron chi connectivity index (χ0n) is 10.5. The molecule has 5 heteroatoms. The molecule has 1 rings (SSSR count). The van der Waals surface area contributed by atoms with Gasteiger partial charge in [-0.15, -0.1) is 11.3 Å². The number of carboxylic acid groups (broad SMARTS) is 1. The highest BCUT2D eigenvalue weighted by Crippen LogP contribution is 2.21. The second-order valence-corrected chi connectivity index (χ2v) is 5.50. The molecule has 0 aliphatic rings. The highest BCUT2D eigenvalue weighted by atomic mass is 32.1. The molecule has 0 unspecified atom stereocenters. The minimum absolute atomic E-state index is 0.0533. The molecule has 0 aliphatic carbocycles. The fraction of sp³-hybridized carbons (Fsp3) is 0.583. The van der Waals surface area contributed by atoms with E-state index in [-0.39, 0.29) is 6.54 Å². The summed E-state index contributed by atoms with van der Waals surface area (Å²) >= 11 is 1.75. The van der Waals surface area contributed by atoms with Gasteiger partial charge in [0.25, 0.3) is 0 Å². The minimum Gasteiger partial charge on any atom is -0.480 e. The van der Waals surface area contributed by atoms with Gasteiger partial charge in [-0.25, -0.2) is 0 Å². The fourth-order valence-electron chi connectivity index (χ4n) is 1.71. The Bertz CT molecular complexity index is 376. The van der Waals surface area contributed by atoms with E-state index in [0.29, 0.717) is 19.7 Å². The summed E-state index contributed by atoms with van der Waals surface area (Å²) in [5, 5.41) is 8.86. The maximum absolute atomic E-state index is 10.8. The van der Waals surface area contributed by atoms with Gasteiger partial charge >= 0.3 is 5.97 Å². The molecule has 0 amide bonds. The number of thiophene rings is 1. The lowest BCUT2D eigenvalue weighted by atomic mass is 10.2. The lowest BCUT2D eigenvalue weighted by molar-refractivity contribution is -0.138. The Morgan fingerprint density at radius 1 is 1.53 bits per heavy atom. The van der Waals surface area contributed by atoms with Crippen LogP contribution in [-0.4, -0.2) is 42.8 Å². The van der Waals surface area contributed by atoms with Gasteiger partial charge in [0.05, 0.1) is 13.2 Å². The smallest absolute Gasteiger partial charge is 0.317 e. The molecule has 0 atom stereocenters. The number of carboxylic acids is 1. The van der Waals surface area contributed by atoms with Crippen LogP contribution in [0.5, 0.6) is 0 Å². The van der Waals surface area contributed by atoms with E-state index in [9.17, 15) is 4.79 Å². The predicted octanol–water partition coefficient (Wildman–Crippen LogP) is 1.90. The first-order valence-corrected chi connectivity index (χ1v) is 6.33. The van der Waals surface area contributed by atoms with E-state index in [0.717, 1.165) is 0 Å². The summed E-state index contributed by atoms with van der Waals surface area (Å²) in [7, 11) is 1.62. The van der Waals surface area contributed by atoms with Crippen molar-refractivity contribution in [2.75, 3.05) is 26.8 Å². The van der Waals surface area contributed by atoms with Crippen molar-refractivity contribution in [3.63, 3.8) is 0 Å². The first-order valence-electron chi connectivity index (χ1n) is 5.52. The van der Waals surface area contributed by atoms with E-state index >= 15 is 0 Å². The summed E-state index contributed by atoms with van der Waals surface area (Å²) in [4.78, 5) is 15.2. The van der Waals surface area contributed by atoms with Gasteiger partial charge in [-0.2, -0.15) is 0 Å². The van der Waals surface area contributed by atoms with E-state index in [1.807, 2.05) is 4.90 Å². The summed E-state index contributed by atoms with van der Waals surface area (Å²) in [5.74, 6) is -0.800. The van der Waals surface area contributed by atoms with Crippen molar-refractivity contribution in [1.82, 2.24) is 4.90 Å². The van der Waals surface area contributed by atoms with Crippen LogP contribution in [0.25, 0.3) is 0 Å². The summed E-state index contributed by atoms with van der Waals surface area (Å²) in [5.41, 5.74) is 1.21. The predicted molar refractivity (Wildman–Crippen MR) is 68.6 cm³/mol. The topological polar surface area (TPSA) is 49.8 Å². The molecule has 0 saturated carbocycles. The van der Waals surface area contributed by atoms with Crippen LogP contribution in [0.4, 0.5) is 0 Å². The molecule has 96 valence electrons. The quantitative estimate of drug-likeness (QED) is 0.810. The molecular weight excluding hydrogens is 238 g/mol. The number of methoxy groups -OCH3 is 1. The molecule has 0 bridgehead atoms. The number of nitrogens with zero attached hydrogens (tertiary/aromatic N) is 1. The number of aliphatic carboxylic acids is 1. The normalized spacial score (nSPS) is 11.1. The maximum atomic E-state index is 10.8. The first kappa shape index (κ1) is 14.2. The number of rotatable bonds is 7. The average Bonchev–Trinajstić information content (AvgIpc) is 2.53. The average molecular weight is 257 g/mol. The molecule has 0 aliphatic heterocycles. The zero-order valence-corrected chi connectivity index (χ0v) is 11.3. The summed E-state index contributed by atoms with van der Waals surface area (Å²) < 4.78 is 5.00. The van der Waals surface area contributed by atoms with Crippen LogP contribution in [-0.2, 0) is 16.1 Å². The molecule has 4 nitrogen and oxygen atoms in total. The maximum Gasteiger partial charge on any atom is 0.317 e. The van der Waals surface area contributed by atoms with Crippen LogP contribution < -0.4 is 0 Å². The lowest BCUT2D eigenvalue weighted by Crippen LogP contribution is -2.32. The van der Waals surface area contributed by atoms with Crippen molar-refractivity contribution in [3.8, 4) is 0 Å². The van der Waals surface area contributed by atoms with Gasteiger partial charge in [0, 0.05) is 30.0 Å². The van der Waals surface area contributed by atoms with Crippen LogP contribution in [0, 0.1) is 13.8 Å². The largest absolute Gasteiger partial charge is 0.480 e. The van der Waals surface area contributed by atoms with Crippen molar-refractivity contribution < 1.29 is 14.6 Å². The number of carbonyl (C=O) groups is 1. The van der Waals surface area contributed by atoms with Crippen molar-refractivity contribution in [3.05, 3.63) is 21.4 Å². The molecular formula is C12H19NO3S. The highest BCUT2D eigenvalue weighted by Gasteiger charge is 2.12. The van der Waals surface area contributed by atoms with E-state index in [1.54, 1.807) is 18.4 Å². The van der Waals surface area contributed by atoms with Gasteiger partial charge in [-0.3, -0.25) is 9.69 Å². The molecule has 1 aromatic heterocycles. The third kappa shape index (κ3) is 4.85. The van der Waals surface area contributed by atoms with Gasteiger partial charge in [-0.1, -0.05) is 0 Å². The second kappa shape index (κ2) is 6.74. The van der Waals surface area contributed by atoms with Crippen LogP contribution in [0.3, 0.4) is 0 Å². The van der Waals surface area contributed by atoms with Gasteiger partial charge in [0.2, 0.25) is 0 Å². The Morgan fingerprint density at radius 3 is 2.71 bits per heavy atom. The summed E-state index contributed by atoms with van der Waals surface area (Å²) in [6, 6.07) is 2.13. The standard InChI is InChI=1S/C12H19NO3S/c1-9-6-11(10(2)17-9)7-13(4-5-16-3)8-12(14)15/h6H,4-5,7-8H2,1-3H3,(H,14,15). The molecule has 0 spiro atoms. The van der Waals surface area contributed by atoms with Crippen LogP contribution in [0.15, 0.2) is 6.07 Å². The van der Waals surface area contributed by atoms with Crippen molar-refractivity contribution >= 4 is 17.3 Å². The highest BCUT2D eigenvalue weighted by molar-refractivity contribution is 7.12. The Morgan fingerprint density at radius 2 is 2.24 bits per heavy atom. The first-order chi connectivity index (χ1) is 8.02. The zero-order chi connectivity index (χ0) is 12.8. The molecule has 0 radical (unpaired) electrons. The van der Waals surface area contributed by atoms with E-state index in [1.165, 1.54) is 15.3 Å². The third-order valence-corrected chi connectivity index (χ3v) is 3.52. The number of ether oxygens (including phenoxy) is 1. The van der Waals surface area contributed by atoms with Crippen molar-refractivity contribution in [1.29, 1.82) is 0 Å². The number of hydrogen-bond donors (Lipinski definition) is 1. The second-order valence-electron chi connectivity index (χ2n) is 4.04. The monoisotopic (exact) mass is 257 g/mol. The molecule has 17 heavy (non-hydrogen) atoms. The lowest BCUT2D eigenvalue weighted by Gasteiger charge is -2.19. The minimum atomic E-state index is -0.800. The third-order valence-electron chi connectivity index (χ3n) is 2.51. The molecule has 1 heterocycles. The summed E-state index contributed by atoms with van der Waals surface area (Å²) in [6.45, 7) is 6.05. The Hall–Kier alpha value is -0.910.